The number of imidazole rings is 2. The summed E-state index contributed by atoms with van der Waals surface area (Å²) in [6, 6.07) is 6.23. The first-order valence-electron chi connectivity index (χ1n) is 9.78. The number of benzene rings is 1. The summed E-state index contributed by atoms with van der Waals surface area (Å²) >= 11 is 6.53. The summed E-state index contributed by atoms with van der Waals surface area (Å²) in [6.07, 6.45) is 8.23. The minimum atomic E-state index is 0.491. The van der Waals surface area contributed by atoms with Crippen molar-refractivity contribution in [1.82, 2.24) is 18.9 Å². The number of halogens is 1. The number of rotatable bonds is 5. The van der Waals surface area contributed by atoms with Crippen LogP contribution >= 0.6 is 11.6 Å². The van der Waals surface area contributed by atoms with Crippen molar-refractivity contribution in [3.8, 4) is 5.69 Å². The van der Waals surface area contributed by atoms with E-state index in [0.717, 1.165) is 46.7 Å². The van der Waals surface area contributed by atoms with Crippen LogP contribution in [0.1, 0.15) is 43.7 Å². The van der Waals surface area contributed by atoms with E-state index in [1.54, 1.807) is 0 Å². The van der Waals surface area contributed by atoms with Gasteiger partial charge in [0.2, 0.25) is 5.78 Å². The molecule has 4 aromatic rings. The zero-order valence-corrected chi connectivity index (χ0v) is 17.8. The van der Waals surface area contributed by atoms with E-state index in [9.17, 15) is 0 Å². The van der Waals surface area contributed by atoms with Crippen LogP contribution in [0.25, 0.3) is 22.5 Å². The summed E-state index contributed by atoms with van der Waals surface area (Å²) in [5, 5.41) is 0.692. The van der Waals surface area contributed by atoms with Crippen molar-refractivity contribution in [2.75, 3.05) is 19.0 Å². The quantitative estimate of drug-likeness (QED) is 0.441. The van der Waals surface area contributed by atoms with Gasteiger partial charge in [0.05, 0.1) is 22.4 Å². The molecule has 6 heteroatoms. The van der Waals surface area contributed by atoms with E-state index in [4.69, 9.17) is 16.6 Å². The third-order valence-electron chi connectivity index (χ3n) is 5.59. The maximum absolute atomic E-state index is 6.53. The summed E-state index contributed by atoms with van der Waals surface area (Å²) in [5.41, 5.74) is 5.47. The smallest absolute Gasteiger partial charge is 0.219 e. The third kappa shape index (κ3) is 2.85. The lowest BCUT2D eigenvalue weighted by Crippen LogP contribution is -2.11. The highest BCUT2D eigenvalue weighted by molar-refractivity contribution is 6.35. The predicted molar refractivity (Wildman–Crippen MR) is 117 cm³/mol. The Hall–Kier alpha value is -2.53. The van der Waals surface area contributed by atoms with E-state index in [0.29, 0.717) is 10.9 Å². The van der Waals surface area contributed by atoms with Crippen LogP contribution in [-0.4, -0.2) is 33.0 Å². The zero-order valence-electron chi connectivity index (χ0n) is 17.1. The molecule has 3 aromatic heterocycles. The van der Waals surface area contributed by atoms with Gasteiger partial charge in [-0.2, -0.15) is 0 Å². The topological polar surface area (TPSA) is 38.4 Å². The zero-order chi connectivity index (χ0) is 20.0. The summed E-state index contributed by atoms with van der Waals surface area (Å²) < 4.78 is 4.25. The average Bonchev–Trinajstić information content (AvgIpc) is 3.24. The normalized spacial score (nSPS) is 11.8. The van der Waals surface area contributed by atoms with Gasteiger partial charge >= 0.3 is 0 Å². The SMILES string of the molecule is CCC(CC)c1ccc(Cl)c2nc3n(-c4cnc(N(C)C)cc4C)ccn3c12. The van der Waals surface area contributed by atoms with Gasteiger partial charge in [-0.1, -0.05) is 31.5 Å². The molecule has 0 atom stereocenters. The molecule has 146 valence electrons. The van der Waals surface area contributed by atoms with E-state index in [2.05, 4.69) is 59.2 Å². The van der Waals surface area contributed by atoms with Gasteiger partial charge in [0, 0.05) is 26.5 Å². The first-order valence-corrected chi connectivity index (χ1v) is 10.2. The van der Waals surface area contributed by atoms with E-state index in [1.165, 1.54) is 5.56 Å². The van der Waals surface area contributed by atoms with Crippen molar-refractivity contribution in [2.24, 2.45) is 0 Å². The van der Waals surface area contributed by atoms with Crippen molar-refractivity contribution in [3.05, 3.63) is 52.9 Å². The molecule has 0 saturated carbocycles. The standard InChI is InChI=1S/C22H26ClN5/c1-6-15(7-2)16-8-9-17(23)20-21(16)28-11-10-27(22(28)25-20)18-13-24-19(26(4)5)12-14(18)3/h8-13,15H,6-7H2,1-5H3. The van der Waals surface area contributed by atoms with Crippen molar-refractivity contribution in [1.29, 1.82) is 0 Å². The van der Waals surface area contributed by atoms with Crippen LogP contribution in [0.15, 0.2) is 36.8 Å². The van der Waals surface area contributed by atoms with Crippen LogP contribution in [0.5, 0.6) is 0 Å². The molecule has 0 spiro atoms. The van der Waals surface area contributed by atoms with Crippen LogP contribution < -0.4 is 4.90 Å². The van der Waals surface area contributed by atoms with Gasteiger partial charge in [0.25, 0.3) is 0 Å². The first kappa shape index (κ1) is 18.8. The third-order valence-corrected chi connectivity index (χ3v) is 5.90. The Balaban J connectivity index is 1.97. The highest BCUT2D eigenvalue weighted by Gasteiger charge is 2.20. The van der Waals surface area contributed by atoms with Crippen LogP contribution in [0, 0.1) is 6.92 Å². The van der Waals surface area contributed by atoms with Crippen molar-refractivity contribution in [3.63, 3.8) is 0 Å². The second-order valence-corrected chi connectivity index (χ2v) is 7.93. The molecule has 0 saturated heterocycles. The molecular weight excluding hydrogens is 370 g/mol. The number of aryl methyl sites for hydroxylation is 1. The Bertz CT molecular complexity index is 1150. The Kier molecular flexibility index (Phi) is 4.79. The second kappa shape index (κ2) is 7.13. The minimum Gasteiger partial charge on any atom is -0.363 e. The van der Waals surface area contributed by atoms with Gasteiger partial charge in [0.15, 0.2) is 0 Å². The van der Waals surface area contributed by atoms with E-state index >= 15 is 0 Å². The Labute approximate surface area is 170 Å². The molecule has 0 N–H and O–H groups in total. The molecule has 0 unspecified atom stereocenters. The van der Waals surface area contributed by atoms with Crippen LogP contribution in [-0.2, 0) is 0 Å². The predicted octanol–water partition coefficient (Wildman–Crippen LogP) is 5.60. The Morgan fingerprint density at radius 1 is 1.14 bits per heavy atom. The molecule has 0 bridgehead atoms. The van der Waals surface area contributed by atoms with E-state index in [1.807, 2.05) is 31.3 Å². The molecule has 1 aromatic carbocycles. The van der Waals surface area contributed by atoms with Gasteiger partial charge in [-0.25, -0.2) is 9.97 Å². The van der Waals surface area contributed by atoms with Crippen molar-refractivity contribution in [2.45, 2.75) is 39.5 Å². The fourth-order valence-corrected chi connectivity index (χ4v) is 4.17. The molecule has 0 aliphatic heterocycles. The Morgan fingerprint density at radius 3 is 2.54 bits per heavy atom. The largest absolute Gasteiger partial charge is 0.363 e. The molecule has 5 nitrogen and oxygen atoms in total. The second-order valence-electron chi connectivity index (χ2n) is 7.52. The summed E-state index contributed by atoms with van der Waals surface area (Å²) in [5.74, 6) is 2.29. The average molecular weight is 396 g/mol. The lowest BCUT2D eigenvalue weighted by atomic mass is 9.93. The number of fused-ring (bicyclic) bond motifs is 3. The molecule has 0 amide bonds. The minimum absolute atomic E-state index is 0.491. The maximum Gasteiger partial charge on any atom is 0.219 e. The van der Waals surface area contributed by atoms with E-state index in [-0.39, 0.29) is 0 Å². The van der Waals surface area contributed by atoms with E-state index < -0.39 is 0 Å². The maximum atomic E-state index is 6.53. The van der Waals surface area contributed by atoms with Crippen LogP contribution in [0.3, 0.4) is 0 Å². The van der Waals surface area contributed by atoms with Gasteiger partial charge in [0.1, 0.15) is 11.3 Å². The van der Waals surface area contributed by atoms with Gasteiger partial charge in [-0.3, -0.25) is 8.97 Å². The molecular formula is C22H26ClN5. The van der Waals surface area contributed by atoms with Gasteiger partial charge in [-0.15, -0.1) is 0 Å². The molecule has 4 rings (SSSR count). The first-order chi connectivity index (χ1) is 13.5. The summed E-state index contributed by atoms with van der Waals surface area (Å²) in [6.45, 7) is 6.57. The number of anilines is 1. The number of aromatic nitrogens is 4. The summed E-state index contributed by atoms with van der Waals surface area (Å²) in [4.78, 5) is 11.5. The van der Waals surface area contributed by atoms with Gasteiger partial charge in [-0.05, 0) is 48.9 Å². The molecule has 0 radical (unpaired) electrons. The lowest BCUT2D eigenvalue weighted by molar-refractivity contribution is 0.645. The van der Waals surface area contributed by atoms with Crippen LogP contribution in [0.2, 0.25) is 5.02 Å². The lowest BCUT2D eigenvalue weighted by Gasteiger charge is -2.14. The number of pyridine rings is 1. The number of nitrogens with zero attached hydrogens (tertiary/aromatic N) is 5. The summed E-state index contributed by atoms with van der Waals surface area (Å²) in [7, 11) is 4.00. The molecule has 3 heterocycles. The number of hydrogen-bond acceptors (Lipinski definition) is 3. The molecule has 28 heavy (non-hydrogen) atoms. The van der Waals surface area contributed by atoms with Crippen molar-refractivity contribution >= 4 is 34.2 Å². The van der Waals surface area contributed by atoms with Crippen molar-refractivity contribution < 1.29 is 0 Å². The molecule has 0 aliphatic rings. The molecule has 0 fully saturated rings. The highest BCUT2D eigenvalue weighted by Crippen LogP contribution is 2.35. The van der Waals surface area contributed by atoms with Crippen LogP contribution in [0.4, 0.5) is 5.82 Å². The monoisotopic (exact) mass is 395 g/mol. The molecule has 0 aliphatic carbocycles. The fourth-order valence-electron chi connectivity index (χ4n) is 3.97. The highest BCUT2D eigenvalue weighted by atomic mass is 35.5. The number of hydrogen-bond donors (Lipinski definition) is 0. The fraction of sp³-hybridized carbons (Fsp3) is 0.364. The Morgan fingerprint density at radius 2 is 1.89 bits per heavy atom. The van der Waals surface area contributed by atoms with Gasteiger partial charge < -0.3 is 4.90 Å².